The fraction of sp³-hybridized carbons (Fsp3) is 0.323. The maximum Gasteiger partial charge on any atom is 0.262 e. The van der Waals surface area contributed by atoms with E-state index in [9.17, 15) is 17.6 Å². The molecule has 0 unspecified atom stereocenters. The van der Waals surface area contributed by atoms with E-state index in [4.69, 9.17) is 16.3 Å². The molecule has 232 valence electrons. The lowest BCUT2D eigenvalue weighted by Crippen LogP contribution is -2.43. The minimum Gasteiger partial charge on any atom is -0.476 e. The normalized spacial score (nSPS) is 15.3. The Balaban J connectivity index is 0.00000384. The zero-order valence-electron chi connectivity index (χ0n) is 24.4. The quantitative estimate of drug-likeness (QED) is 0.218. The predicted molar refractivity (Wildman–Crippen MR) is 172 cm³/mol. The minimum absolute atomic E-state index is 0. The number of rotatable bonds is 9. The largest absolute Gasteiger partial charge is 0.476 e. The van der Waals surface area contributed by atoms with Gasteiger partial charge in [0.05, 0.1) is 34.3 Å². The van der Waals surface area contributed by atoms with Crippen LogP contribution in [0, 0.1) is 5.82 Å². The van der Waals surface area contributed by atoms with Gasteiger partial charge in [0, 0.05) is 41.3 Å². The standard InChI is InChI=1S/C31H31ClFN5O4S.ClH/c1-37(2)10-5-11-42-29-26(36-43(40,41)23-15-21(32)14-22(33)16-23)13-20(17-35-29)19-6-7-25-24(12-19)28-27(18-34-25)38(3)30(39)31(28)8-4-9-31;/h6-7,12-18,36H,4-5,8-11H2,1-3H3;1H. The molecule has 2 aromatic carbocycles. The lowest BCUT2D eigenvalue weighted by atomic mass is 9.64. The Kier molecular flexibility index (Phi) is 8.78. The number of carbonyl (C=O) groups is 1. The summed E-state index contributed by atoms with van der Waals surface area (Å²) in [5.41, 5.74) is 3.54. The Morgan fingerprint density at radius 2 is 1.86 bits per heavy atom. The third-order valence-electron chi connectivity index (χ3n) is 8.17. The Hall–Kier alpha value is -3.51. The molecule has 13 heteroatoms. The first-order valence-corrected chi connectivity index (χ1v) is 15.8. The van der Waals surface area contributed by atoms with Crippen molar-refractivity contribution in [1.82, 2.24) is 14.9 Å². The van der Waals surface area contributed by atoms with Crippen LogP contribution in [0.25, 0.3) is 22.0 Å². The van der Waals surface area contributed by atoms with Crippen LogP contribution in [0.15, 0.2) is 59.8 Å². The Morgan fingerprint density at radius 1 is 1.09 bits per heavy atom. The number of hydrogen-bond donors (Lipinski definition) is 1. The van der Waals surface area contributed by atoms with Gasteiger partial charge in [-0.15, -0.1) is 12.4 Å². The molecule has 2 aliphatic rings. The fourth-order valence-corrected chi connectivity index (χ4v) is 7.28. The average Bonchev–Trinajstić information content (AvgIpc) is 3.17. The van der Waals surface area contributed by atoms with Gasteiger partial charge in [0.25, 0.3) is 10.0 Å². The summed E-state index contributed by atoms with van der Waals surface area (Å²) < 4.78 is 49.1. The van der Waals surface area contributed by atoms with Crippen LogP contribution < -0.4 is 14.4 Å². The maximum absolute atomic E-state index is 14.0. The van der Waals surface area contributed by atoms with E-state index in [-0.39, 0.29) is 39.8 Å². The Labute approximate surface area is 266 Å². The summed E-state index contributed by atoms with van der Waals surface area (Å²) in [7, 11) is 1.44. The molecule has 44 heavy (non-hydrogen) atoms. The average molecular weight is 661 g/mol. The smallest absolute Gasteiger partial charge is 0.262 e. The van der Waals surface area contributed by atoms with Crippen molar-refractivity contribution in [3.63, 3.8) is 0 Å². The van der Waals surface area contributed by atoms with E-state index < -0.39 is 21.3 Å². The molecule has 1 fully saturated rings. The van der Waals surface area contributed by atoms with E-state index in [1.165, 1.54) is 6.07 Å². The number of pyridine rings is 2. The second-order valence-corrected chi connectivity index (χ2v) is 13.5. The van der Waals surface area contributed by atoms with Crippen molar-refractivity contribution < 1.29 is 22.3 Å². The van der Waals surface area contributed by atoms with Gasteiger partial charge < -0.3 is 14.5 Å². The van der Waals surface area contributed by atoms with Gasteiger partial charge in [0.1, 0.15) is 11.5 Å². The highest BCUT2D eigenvalue weighted by Crippen LogP contribution is 2.55. The number of nitrogens with one attached hydrogen (secondary N) is 1. The number of aromatic nitrogens is 2. The van der Waals surface area contributed by atoms with Crippen molar-refractivity contribution >= 4 is 62.2 Å². The van der Waals surface area contributed by atoms with Crippen LogP contribution >= 0.6 is 24.0 Å². The molecule has 1 aliphatic carbocycles. The van der Waals surface area contributed by atoms with E-state index in [1.54, 1.807) is 30.4 Å². The monoisotopic (exact) mass is 659 g/mol. The summed E-state index contributed by atoms with van der Waals surface area (Å²) in [4.78, 5) is 25.7. The van der Waals surface area contributed by atoms with Gasteiger partial charge in [0.2, 0.25) is 11.8 Å². The van der Waals surface area contributed by atoms with Gasteiger partial charge >= 0.3 is 0 Å². The molecule has 1 amide bonds. The summed E-state index contributed by atoms with van der Waals surface area (Å²) in [6.45, 7) is 1.08. The van der Waals surface area contributed by atoms with E-state index in [1.807, 2.05) is 37.2 Å². The predicted octanol–water partition coefficient (Wildman–Crippen LogP) is 6.04. The second-order valence-electron chi connectivity index (χ2n) is 11.3. The second kappa shape index (κ2) is 12.1. The number of sulfonamides is 1. The van der Waals surface area contributed by atoms with Crippen LogP contribution in [0.2, 0.25) is 5.02 Å². The van der Waals surface area contributed by atoms with Crippen LogP contribution in [-0.4, -0.2) is 63.5 Å². The van der Waals surface area contributed by atoms with E-state index in [2.05, 4.69) is 14.7 Å². The SMILES string of the molecule is CN(C)CCCOc1ncc(-c2ccc3ncc4c(c3c2)C2(CCC2)C(=O)N4C)cc1NS(=O)(=O)c1cc(F)cc(Cl)c1.Cl. The molecule has 0 bridgehead atoms. The van der Waals surface area contributed by atoms with Gasteiger partial charge in [0.15, 0.2) is 0 Å². The van der Waals surface area contributed by atoms with E-state index >= 15 is 0 Å². The van der Waals surface area contributed by atoms with Crippen LogP contribution in [0.5, 0.6) is 5.88 Å². The van der Waals surface area contributed by atoms with Crippen molar-refractivity contribution in [2.24, 2.45) is 0 Å². The summed E-state index contributed by atoms with van der Waals surface area (Å²) in [5.74, 6) is -0.580. The van der Waals surface area contributed by atoms with Crippen LogP contribution in [-0.2, 0) is 20.2 Å². The van der Waals surface area contributed by atoms with Crippen LogP contribution in [0.4, 0.5) is 15.8 Å². The van der Waals surface area contributed by atoms with Crippen molar-refractivity contribution in [1.29, 1.82) is 0 Å². The van der Waals surface area contributed by atoms with Gasteiger partial charge in [-0.05, 0) is 75.3 Å². The van der Waals surface area contributed by atoms with Gasteiger partial charge in [-0.2, -0.15) is 0 Å². The molecule has 2 aromatic heterocycles. The van der Waals surface area contributed by atoms with Gasteiger partial charge in [-0.3, -0.25) is 14.5 Å². The number of benzene rings is 2. The minimum atomic E-state index is -4.25. The summed E-state index contributed by atoms with van der Waals surface area (Å²) in [5, 5.41) is 0.839. The lowest BCUT2D eigenvalue weighted by Gasteiger charge is -2.37. The first kappa shape index (κ1) is 31.9. The number of amides is 1. The highest BCUT2D eigenvalue weighted by atomic mass is 35.5. The third kappa shape index (κ3) is 5.69. The van der Waals surface area contributed by atoms with Crippen LogP contribution in [0.1, 0.15) is 31.2 Å². The summed E-state index contributed by atoms with van der Waals surface area (Å²) in [6.07, 6.45) is 6.65. The molecule has 9 nitrogen and oxygen atoms in total. The summed E-state index contributed by atoms with van der Waals surface area (Å²) in [6, 6.07) is 10.5. The highest BCUT2D eigenvalue weighted by molar-refractivity contribution is 7.92. The molecule has 0 atom stereocenters. The molecule has 3 heterocycles. The fourth-order valence-electron chi connectivity index (χ4n) is 5.89. The number of hydrogen-bond acceptors (Lipinski definition) is 7. The lowest BCUT2D eigenvalue weighted by molar-refractivity contribution is -0.125. The topological polar surface area (TPSA) is 105 Å². The van der Waals surface area contributed by atoms with Gasteiger partial charge in [-0.25, -0.2) is 17.8 Å². The van der Waals surface area contributed by atoms with Crippen molar-refractivity contribution in [3.8, 4) is 17.0 Å². The molecule has 1 spiro atoms. The molecular formula is C31H32Cl2FN5O4S. The first-order chi connectivity index (χ1) is 20.5. The molecule has 6 rings (SSSR count). The number of fused-ring (bicyclic) bond motifs is 4. The molecule has 0 radical (unpaired) electrons. The van der Waals surface area contributed by atoms with E-state index in [0.717, 1.165) is 65.7 Å². The molecule has 1 saturated carbocycles. The van der Waals surface area contributed by atoms with Crippen molar-refractivity contribution in [2.45, 2.75) is 36.0 Å². The zero-order chi connectivity index (χ0) is 30.5. The number of anilines is 2. The zero-order valence-corrected chi connectivity index (χ0v) is 26.8. The molecular weight excluding hydrogens is 628 g/mol. The Morgan fingerprint density at radius 3 is 2.55 bits per heavy atom. The van der Waals surface area contributed by atoms with Gasteiger partial charge in [-0.1, -0.05) is 24.1 Å². The third-order valence-corrected chi connectivity index (χ3v) is 9.74. The number of ether oxygens (including phenoxy) is 1. The number of nitrogens with zero attached hydrogens (tertiary/aromatic N) is 4. The maximum atomic E-state index is 14.0. The van der Waals surface area contributed by atoms with Crippen molar-refractivity contribution in [3.05, 3.63) is 71.3 Å². The highest BCUT2D eigenvalue weighted by Gasteiger charge is 2.54. The number of halogens is 3. The first-order valence-electron chi connectivity index (χ1n) is 14.0. The number of likely N-dealkylation sites (N-methyl/N-ethyl adjacent to an activating group) is 1. The molecule has 1 aliphatic heterocycles. The molecule has 1 N–H and O–H groups in total. The molecule has 0 saturated heterocycles. The van der Waals surface area contributed by atoms with Crippen LogP contribution in [0.3, 0.4) is 0 Å². The summed E-state index contributed by atoms with van der Waals surface area (Å²) >= 11 is 5.94. The van der Waals surface area contributed by atoms with E-state index in [0.29, 0.717) is 18.6 Å². The Bertz CT molecular complexity index is 1850. The number of carbonyl (C=O) groups excluding carboxylic acids is 1. The van der Waals surface area contributed by atoms with Crippen molar-refractivity contribution in [2.75, 3.05) is 43.9 Å². The molecule has 4 aromatic rings.